The molecule has 0 bridgehead atoms. The number of halogens is 3. The fraction of sp³-hybridized carbons (Fsp3) is 0.294. The lowest BCUT2D eigenvalue weighted by atomic mass is 10.2. The Morgan fingerprint density at radius 1 is 1.26 bits per heavy atom. The number of hydrogen-bond acceptors (Lipinski definition) is 5. The largest absolute Gasteiger partial charge is 0.357 e. The minimum absolute atomic E-state index is 0.0866. The summed E-state index contributed by atoms with van der Waals surface area (Å²) in [6, 6.07) is 8.38. The summed E-state index contributed by atoms with van der Waals surface area (Å²) in [7, 11) is 0. The van der Waals surface area contributed by atoms with Crippen LogP contribution in [0.2, 0.25) is 0 Å². The average molecular weight is 437 g/mol. The van der Waals surface area contributed by atoms with Crippen LogP contribution < -0.4 is 10.2 Å². The highest BCUT2D eigenvalue weighted by atomic mass is 79.9. The van der Waals surface area contributed by atoms with Crippen molar-refractivity contribution in [3.8, 4) is 0 Å². The van der Waals surface area contributed by atoms with E-state index in [0.29, 0.717) is 18.8 Å². The second-order valence-electron chi connectivity index (χ2n) is 6.26. The minimum atomic E-state index is -2.79. The number of hydrogen-bond donors (Lipinski definition) is 1. The summed E-state index contributed by atoms with van der Waals surface area (Å²) in [5.74, 6) is -0.300. The standard InChI is InChI=1S/C17H15BrF2N6O/c1-9-8-10(2-3-11(9)18)25-7-6-12(17(25)27)21-13-4-5-14-22-23-16(15(19)20)26(14)24-13/h2-5,8,12,15H,6-7H2,1H3,(H,21,24). The first-order valence-electron chi connectivity index (χ1n) is 8.28. The van der Waals surface area contributed by atoms with Crippen molar-refractivity contribution >= 4 is 39.0 Å². The summed E-state index contributed by atoms with van der Waals surface area (Å²) in [6.45, 7) is 2.53. The van der Waals surface area contributed by atoms with E-state index in [1.165, 1.54) is 6.07 Å². The number of carbonyl (C=O) groups excluding carboxylic acids is 1. The van der Waals surface area contributed by atoms with Crippen LogP contribution in [0.1, 0.15) is 24.2 Å². The van der Waals surface area contributed by atoms with Gasteiger partial charge >= 0.3 is 0 Å². The van der Waals surface area contributed by atoms with E-state index in [-0.39, 0.29) is 11.6 Å². The summed E-state index contributed by atoms with van der Waals surface area (Å²) >= 11 is 3.45. The molecule has 1 atom stereocenters. The fourth-order valence-electron chi connectivity index (χ4n) is 3.06. The van der Waals surface area contributed by atoms with E-state index in [1.54, 1.807) is 11.0 Å². The predicted octanol–water partition coefficient (Wildman–Crippen LogP) is 3.35. The molecule has 0 spiro atoms. The first-order valence-corrected chi connectivity index (χ1v) is 9.08. The average Bonchev–Trinajstić information content (AvgIpc) is 3.21. The Labute approximate surface area is 161 Å². The van der Waals surface area contributed by atoms with Crippen molar-refractivity contribution in [1.82, 2.24) is 19.8 Å². The van der Waals surface area contributed by atoms with Crippen molar-refractivity contribution in [3.63, 3.8) is 0 Å². The molecule has 3 heterocycles. The highest BCUT2D eigenvalue weighted by Crippen LogP contribution is 2.27. The first kappa shape index (κ1) is 17.8. The molecule has 1 aromatic carbocycles. The molecular formula is C17H15BrF2N6O. The zero-order valence-corrected chi connectivity index (χ0v) is 15.8. The van der Waals surface area contributed by atoms with Gasteiger partial charge in [-0.25, -0.2) is 8.78 Å². The summed E-state index contributed by atoms with van der Waals surface area (Å²) in [4.78, 5) is 14.5. The molecule has 1 aliphatic rings. The molecule has 0 radical (unpaired) electrons. The topological polar surface area (TPSA) is 75.4 Å². The van der Waals surface area contributed by atoms with Gasteiger partial charge in [0.1, 0.15) is 11.9 Å². The Morgan fingerprint density at radius 3 is 2.81 bits per heavy atom. The summed E-state index contributed by atoms with van der Waals surface area (Å²) in [6.07, 6.45) is -2.20. The van der Waals surface area contributed by atoms with E-state index in [1.807, 2.05) is 25.1 Å². The number of amides is 1. The van der Waals surface area contributed by atoms with Crippen molar-refractivity contribution in [2.24, 2.45) is 0 Å². The van der Waals surface area contributed by atoms with Gasteiger partial charge < -0.3 is 10.2 Å². The second-order valence-corrected chi connectivity index (χ2v) is 7.11. The number of fused-ring (bicyclic) bond motifs is 1. The van der Waals surface area contributed by atoms with Gasteiger partial charge in [-0.1, -0.05) is 15.9 Å². The smallest absolute Gasteiger partial charge is 0.299 e. The molecule has 0 aliphatic carbocycles. The third-order valence-electron chi connectivity index (χ3n) is 4.46. The summed E-state index contributed by atoms with van der Waals surface area (Å²) in [5.41, 5.74) is 2.09. The third-order valence-corrected chi connectivity index (χ3v) is 5.35. The van der Waals surface area contributed by atoms with Crippen LogP contribution in [0.15, 0.2) is 34.8 Å². The van der Waals surface area contributed by atoms with Crippen molar-refractivity contribution in [3.05, 3.63) is 46.2 Å². The Balaban J connectivity index is 1.55. The monoisotopic (exact) mass is 436 g/mol. The number of anilines is 2. The van der Waals surface area contributed by atoms with Crippen LogP contribution >= 0.6 is 15.9 Å². The first-order chi connectivity index (χ1) is 12.9. The Kier molecular flexibility index (Phi) is 4.50. The Hall–Kier alpha value is -2.62. The highest BCUT2D eigenvalue weighted by Gasteiger charge is 2.33. The lowest BCUT2D eigenvalue weighted by molar-refractivity contribution is -0.117. The number of benzene rings is 1. The van der Waals surface area contributed by atoms with E-state index in [0.717, 1.165) is 20.2 Å². The van der Waals surface area contributed by atoms with Gasteiger partial charge in [0.25, 0.3) is 6.43 Å². The second kappa shape index (κ2) is 6.84. The molecule has 1 fully saturated rings. The zero-order chi connectivity index (χ0) is 19.1. The van der Waals surface area contributed by atoms with E-state index in [2.05, 4.69) is 36.5 Å². The maximum absolute atomic E-state index is 13.0. The molecule has 7 nitrogen and oxygen atoms in total. The van der Waals surface area contributed by atoms with Crippen LogP contribution in [-0.2, 0) is 4.79 Å². The summed E-state index contributed by atoms with van der Waals surface area (Å²) in [5, 5.41) is 14.2. The molecule has 1 unspecified atom stereocenters. The third kappa shape index (κ3) is 3.25. The van der Waals surface area contributed by atoms with Crippen LogP contribution in [0.4, 0.5) is 20.3 Å². The summed E-state index contributed by atoms with van der Waals surface area (Å²) < 4.78 is 27.9. The van der Waals surface area contributed by atoms with Crippen molar-refractivity contribution in [2.45, 2.75) is 25.8 Å². The van der Waals surface area contributed by atoms with Crippen LogP contribution in [0, 0.1) is 6.92 Å². The van der Waals surface area contributed by atoms with Gasteiger partial charge in [0, 0.05) is 16.7 Å². The van der Waals surface area contributed by atoms with Gasteiger partial charge in [0.05, 0.1) is 0 Å². The number of carbonyl (C=O) groups is 1. The Morgan fingerprint density at radius 2 is 2.07 bits per heavy atom. The van der Waals surface area contributed by atoms with Crippen LogP contribution in [0.3, 0.4) is 0 Å². The van der Waals surface area contributed by atoms with Gasteiger partial charge in [-0.2, -0.15) is 4.52 Å². The van der Waals surface area contributed by atoms with Gasteiger partial charge in [-0.05, 0) is 49.2 Å². The van der Waals surface area contributed by atoms with Crippen molar-refractivity contribution in [1.29, 1.82) is 0 Å². The normalized spacial score (nSPS) is 17.3. The molecule has 27 heavy (non-hydrogen) atoms. The van der Waals surface area contributed by atoms with Crippen LogP contribution in [-0.4, -0.2) is 38.3 Å². The van der Waals surface area contributed by atoms with E-state index in [9.17, 15) is 13.6 Å². The number of aromatic nitrogens is 4. The Bertz CT molecular complexity index is 1020. The number of rotatable bonds is 4. The molecule has 1 amide bonds. The van der Waals surface area contributed by atoms with E-state index >= 15 is 0 Å². The molecule has 10 heteroatoms. The molecule has 2 aromatic heterocycles. The van der Waals surface area contributed by atoms with Crippen molar-refractivity contribution < 1.29 is 13.6 Å². The molecule has 1 aliphatic heterocycles. The number of alkyl halides is 2. The van der Waals surface area contributed by atoms with Gasteiger partial charge in [0.2, 0.25) is 11.7 Å². The maximum atomic E-state index is 13.0. The lowest BCUT2D eigenvalue weighted by Gasteiger charge is -2.18. The quantitative estimate of drug-likeness (QED) is 0.678. The van der Waals surface area contributed by atoms with Crippen LogP contribution in [0.25, 0.3) is 5.65 Å². The molecule has 1 N–H and O–H groups in total. The molecule has 140 valence electrons. The fourth-order valence-corrected chi connectivity index (χ4v) is 3.31. The minimum Gasteiger partial charge on any atom is -0.357 e. The molecule has 1 saturated heterocycles. The van der Waals surface area contributed by atoms with Gasteiger partial charge in [-0.15, -0.1) is 15.3 Å². The molecular weight excluding hydrogens is 422 g/mol. The predicted molar refractivity (Wildman–Crippen MR) is 99.0 cm³/mol. The van der Waals surface area contributed by atoms with E-state index in [4.69, 9.17) is 0 Å². The van der Waals surface area contributed by atoms with E-state index < -0.39 is 18.3 Å². The molecule has 4 rings (SSSR count). The SMILES string of the molecule is Cc1cc(N2CCC(Nc3ccc4nnc(C(F)F)n4n3)C2=O)ccc1Br. The molecule has 0 saturated carbocycles. The lowest BCUT2D eigenvalue weighted by Crippen LogP contribution is -2.33. The van der Waals surface area contributed by atoms with Crippen LogP contribution in [0.5, 0.6) is 0 Å². The van der Waals surface area contributed by atoms with Crippen molar-refractivity contribution in [2.75, 3.05) is 16.8 Å². The maximum Gasteiger partial charge on any atom is 0.299 e. The zero-order valence-electron chi connectivity index (χ0n) is 14.2. The number of nitrogens with zero attached hydrogens (tertiary/aromatic N) is 5. The number of nitrogens with one attached hydrogen (secondary N) is 1. The number of aryl methyl sites for hydroxylation is 1. The molecule has 3 aromatic rings. The van der Waals surface area contributed by atoms with Gasteiger partial charge in [0.15, 0.2) is 5.65 Å². The highest BCUT2D eigenvalue weighted by molar-refractivity contribution is 9.10. The van der Waals surface area contributed by atoms with Gasteiger partial charge in [-0.3, -0.25) is 4.79 Å².